The molecule has 27 heavy (non-hydrogen) atoms. The summed E-state index contributed by atoms with van der Waals surface area (Å²) >= 11 is 5.81. The summed E-state index contributed by atoms with van der Waals surface area (Å²) in [5, 5.41) is 5.98. The van der Waals surface area contributed by atoms with E-state index in [4.69, 9.17) is 11.6 Å². The summed E-state index contributed by atoms with van der Waals surface area (Å²) in [7, 11) is 1.30. The average molecular weight is 387 g/mol. The molecule has 0 aromatic heterocycles. The Morgan fingerprint density at radius 1 is 1.04 bits per heavy atom. The van der Waals surface area contributed by atoms with Crippen LogP contribution in [0.2, 0.25) is 5.02 Å². The first-order valence-electron chi connectivity index (χ1n) is 8.09. The molecule has 0 aliphatic carbocycles. The van der Waals surface area contributed by atoms with Gasteiger partial charge in [-0.3, -0.25) is 9.59 Å². The summed E-state index contributed by atoms with van der Waals surface area (Å²) in [6.07, 6.45) is 1.23. The lowest BCUT2D eigenvalue weighted by Crippen LogP contribution is -2.22. The molecule has 0 fully saturated rings. The number of halogens is 1. The molecule has 0 radical (unpaired) electrons. The Labute approximate surface area is 162 Å². The van der Waals surface area contributed by atoms with Gasteiger partial charge in [-0.25, -0.2) is 4.79 Å². The van der Waals surface area contributed by atoms with Crippen molar-refractivity contribution >= 4 is 35.1 Å². The van der Waals surface area contributed by atoms with E-state index in [1.54, 1.807) is 43.3 Å². The number of esters is 1. The molecule has 0 atom stereocenters. The van der Waals surface area contributed by atoms with Crippen molar-refractivity contribution in [3.05, 3.63) is 76.3 Å². The first-order chi connectivity index (χ1) is 12.9. The van der Waals surface area contributed by atoms with Gasteiger partial charge in [0.2, 0.25) is 5.91 Å². The molecular weight excluding hydrogens is 368 g/mol. The van der Waals surface area contributed by atoms with Gasteiger partial charge in [-0.05, 0) is 48.9 Å². The fourth-order valence-corrected chi connectivity index (χ4v) is 2.27. The molecule has 6 nitrogen and oxygen atoms in total. The second-order valence-corrected chi connectivity index (χ2v) is 6.13. The number of hydrogen-bond acceptors (Lipinski definition) is 4. The largest absolute Gasteiger partial charge is 0.465 e. The van der Waals surface area contributed by atoms with Crippen molar-refractivity contribution in [3.63, 3.8) is 0 Å². The monoisotopic (exact) mass is 386 g/mol. The zero-order chi connectivity index (χ0) is 19.8. The smallest absolute Gasteiger partial charge is 0.337 e. The molecule has 2 rings (SSSR count). The van der Waals surface area contributed by atoms with Crippen LogP contribution in [0.5, 0.6) is 0 Å². The third-order valence-corrected chi connectivity index (χ3v) is 3.90. The number of carbonyl (C=O) groups is 3. The highest BCUT2D eigenvalue weighted by atomic mass is 35.5. The minimum atomic E-state index is -0.457. The topological polar surface area (TPSA) is 84.5 Å². The van der Waals surface area contributed by atoms with Gasteiger partial charge in [-0.1, -0.05) is 23.7 Å². The number of ether oxygens (including phenoxy) is 1. The fraction of sp³-hybridized carbons (Fsp3) is 0.150. The molecule has 2 aromatic rings. The summed E-state index contributed by atoms with van der Waals surface area (Å²) < 4.78 is 4.61. The van der Waals surface area contributed by atoms with E-state index in [0.717, 1.165) is 5.56 Å². The molecule has 0 spiro atoms. The van der Waals surface area contributed by atoms with Crippen LogP contribution >= 0.6 is 11.6 Å². The minimum absolute atomic E-state index is 0.251. The SMILES string of the molecule is COC(=O)c1ccc(NC(=O)/C(C)=C/C(=O)NCc2ccc(Cl)cc2)cc1. The maximum absolute atomic E-state index is 12.2. The molecule has 0 unspecified atom stereocenters. The maximum Gasteiger partial charge on any atom is 0.337 e. The molecule has 0 aliphatic heterocycles. The molecule has 2 N–H and O–H groups in total. The lowest BCUT2D eigenvalue weighted by atomic mass is 10.2. The number of rotatable bonds is 6. The standard InChI is InChI=1S/C20H19ClN2O4/c1-13(11-18(24)22-12-14-3-7-16(21)8-4-14)19(25)23-17-9-5-15(6-10-17)20(26)27-2/h3-11H,12H2,1-2H3,(H,22,24)(H,23,25)/b13-11+. The zero-order valence-corrected chi connectivity index (χ0v) is 15.7. The Kier molecular flexibility index (Phi) is 7.14. The van der Waals surface area contributed by atoms with Crippen LogP contribution in [0.3, 0.4) is 0 Å². The van der Waals surface area contributed by atoms with Gasteiger partial charge in [-0.2, -0.15) is 0 Å². The highest BCUT2D eigenvalue weighted by Gasteiger charge is 2.09. The van der Waals surface area contributed by atoms with Gasteiger partial charge in [0.1, 0.15) is 0 Å². The maximum atomic E-state index is 12.2. The van der Waals surface area contributed by atoms with Crippen LogP contribution in [-0.2, 0) is 20.9 Å². The second kappa shape index (κ2) is 9.54. The molecular formula is C20H19ClN2O4. The highest BCUT2D eigenvalue weighted by molar-refractivity contribution is 6.30. The van der Waals surface area contributed by atoms with Crippen LogP contribution in [-0.4, -0.2) is 24.9 Å². The predicted octanol–water partition coefficient (Wildman–Crippen LogP) is 3.33. The van der Waals surface area contributed by atoms with E-state index >= 15 is 0 Å². The quantitative estimate of drug-likeness (QED) is 0.589. The molecule has 0 saturated heterocycles. The summed E-state index contributed by atoms with van der Waals surface area (Å²) in [6, 6.07) is 13.3. The third kappa shape index (κ3) is 6.27. The van der Waals surface area contributed by atoms with E-state index < -0.39 is 11.9 Å². The number of nitrogens with one attached hydrogen (secondary N) is 2. The van der Waals surface area contributed by atoms with Gasteiger partial charge in [0.05, 0.1) is 12.7 Å². The van der Waals surface area contributed by atoms with Gasteiger partial charge >= 0.3 is 5.97 Å². The van der Waals surface area contributed by atoms with Crippen LogP contribution < -0.4 is 10.6 Å². The number of carbonyl (C=O) groups excluding carboxylic acids is 3. The van der Waals surface area contributed by atoms with Crippen molar-refractivity contribution in [1.29, 1.82) is 0 Å². The van der Waals surface area contributed by atoms with E-state index in [1.165, 1.54) is 13.2 Å². The van der Waals surface area contributed by atoms with Crippen molar-refractivity contribution in [3.8, 4) is 0 Å². The van der Waals surface area contributed by atoms with E-state index in [0.29, 0.717) is 22.8 Å². The van der Waals surface area contributed by atoms with Crippen molar-refractivity contribution in [2.45, 2.75) is 13.5 Å². The van der Waals surface area contributed by atoms with Gasteiger partial charge in [0, 0.05) is 28.9 Å². The Balaban J connectivity index is 1.90. The van der Waals surface area contributed by atoms with E-state index in [9.17, 15) is 14.4 Å². The summed E-state index contributed by atoms with van der Waals surface area (Å²) in [5.41, 5.74) is 2.03. The number of methoxy groups -OCH3 is 1. The summed E-state index contributed by atoms with van der Waals surface area (Å²) in [5.74, 6) is -1.25. The van der Waals surface area contributed by atoms with Crippen LogP contribution in [0, 0.1) is 0 Å². The van der Waals surface area contributed by atoms with Crippen molar-refractivity contribution in [2.24, 2.45) is 0 Å². The van der Waals surface area contributed by atoms with Crippen molar-refractivity contribution < 1.29 is 19.1 Å². The molecule has 7 heteroatoms. The second-order valence-electron chi connectivity index (χ2n) is 5.69. The van der Waals surface area contributed by atoms with Gasteiger partial charge in [0.15, 0.2) is 0 Å². The van der Waals surface area contributed by atoms with E-state index in [2.05, 4.69) is 15.4 Å². The molecule has 0 saturated carbocycles. The normalized spacial score (nSPS) is 10.9. The minimum Gasteiger partial charge on any atom is -0.465 e. The van der Waals surface area contributed by atoms with Crippen LogP contribution in [0.1, 0.15) is 22.8 Å². The molecule has 140 valence electrons. The first kappa shape index (κ1) is 20.2. The predicted molar refractivity (Wildman–Crippen MR) is 103 cm³/mol. The third-order valence-electron chi connectivity index (χ3n) is 3.65. The van der Waals surface area contributed by atoms with Gasteiger partial charge < -0.3 is 15.4 Å². The average Bonchev–Trinajstić information content (AvgIpc) is 2.67. The Morgan fingerprint density at radius 2 is 1.67 bits per heavy atom. The van der Waals surface area contributed by atoms with Crippen molar-refractivity contribution in [1.82, 2.24) is 5.32 Å². The Bertz CT molecular complexity index is 859. The zero-order valence-electron chi connectivity index (χ0n) is 14.9. The number of hydrogen-bond donors (Lipinski definition) is 2. The molecule has 0 aliphatic rings. The molecule has 0 bridgehead atoms. The van der Waals surface area contributed by atoms with Crippen LogP contribution in [0.4, 0.5) is 5.69 Å². The van der Waals surface area contributed by atoms with E-state index in [1.807, 2.05) is 12.1 Å². The lowest BCUT2D eigenvalue weighted by molar-refractivity contribution is -0.117. The number of amides is 2. The van der Waals surface area contributed by atoms with Gasteiger partial charge in [0.25, 0.3) is 5.91 Å². The Morgan fingerprint density at radius 3 is 2.26 bits per heavy atom. The van der Waals surface area contributed by atoms with E-state index in [-0.39, 0.29) is 11.5 Å². The lowest BCUT2D eigenvalue weighted by Gasteiger charge is -2.07. The van der Waals surface area contributed by atoms with Crippen LogP contribution in [0.25, 0.3) is 0 Å². The summed E-state index contributed by atoms with van der Waals surface area (Å²) in [6.45, 7) is 1.87. The first-order valence-corrected chi connectivity index (χ1v) is 8.47. The summed E-state index contributed by atoms with van der Waals surface area (Å²) in [4.78, 5) is 35.5. The van der Waals surface area contributed by atoms with Crippen molar-refractivity contribution in [2.75, 3.05) is 12.4 Å². The van der Waals surface area contributed by atoms with Gasteiger partial charge in [-0.15, -0.1) is 0 Å². The fourth-order valence-electron chi connectivity index (χ4n) is 2.14. The molecule has 2 aromatic carbocycles. The van der Waals surface area contributed by atoms with Crippen LogP contribution in [0.15, 0.2) is 60.2 Å². The molecule has 0 heterocycles. The molecule has 2 amide bonds. The highest BCUT2D eigenvalue weighted by Crippen LogP contribution is 2.12. The number of anilines is 1. The Hall–Kier alpha value is -3.12. The number of benzene rings is 2.